The van der Waals surface area contributed by atoms with Gasteiger partial charge in [-0.05, 0) is 49.9 Å². The summed E-state index contributed by atoms with van der Waals surface area (Å²) in [5.74, 6) is 0.0778. The average molecular weight is 325 g/mol. The van der Waals surface area contributed by atoms with Crippen molar-refractivity contribution in [2.75, 3.05) is 13.6 Å². The second-order valence-electron chi connectivity index (χ2n) is 5.78. The number of carbonyl (C=O) groups is 1. The highest BCUT2D eigenvalue weighted by atomic mass is 79.9. The van der Waals surface area contributed by atoms with Crippen LogP contribution in [0.1, 0.15) is 37.4 Å². The van der Waals surface area contributed by atoms with Crippen molar-refractivity contribution in [2.24, 2.45) is 5.41 Å². The number of fused-ring (bicyclic) bond motifs is 1. The predicted octanol–water partition coefficient (Wildman–Crippen LogP) is 2.80. The van der Waals surface area contributed by atoms with E-state index in [2.05, 4.69) is 44.8 Å². The Balaban J connectivity index is 2.02. The van der Waals surface area contributed by atoms with Gasteiger partial charge in [0.1, 0.15) is 0 Å². The summed E-state index contributed by atoms with van der Waals surface area (Å²) in [5, 5.41) is 6.26. The minimum Gasteiger partial charge on any atom is -0.359 e. The number of nitrogens with one attached hydrogen (secondary N) is 2. The van der Waals surface area contributed by atoms with Gasteiger partial charge in [-0.15, -0.1) is 0 Å². The summed E-state index contributed by atoms with van der Waals surface area (Å²) in [6.07, 6.45) is 2.21. The highest BCUT2D eigenvalue weighted by Gasteiger charge is 2.29. The van der Waals surface area contributed by atoms with Crippen LogP contribution < -0.4 is 10.6 Å². The Morgan fingerprint density at radius 2 is 2.21 bits per heavy atom. The Labute approximate surface area is 123 Å². The number of halogens is 1. The van der Waals surface area contributed by atoms with Crippen molar-refractivity contribution in [3.8, 4) is 0 Å². The number of hydrogen-bond donors (Lipinski definition) is 2. The molecule has 0 heterocycles. The van der Waals surface area contributed by atoms with Crippen molar-refractivity contribution in [1.82, 2.24) is 10.6 Å². The van der Waals surface area contributed by atoms with E-state index in [4.69, 9.17) is 0 Å². The van der Waals surface area contributed by atoms with Crippen molar-refractivity contribution in [1.29, 1.82) is 0 Å². The van der Waals surface area contributed by atoms with Gasteiger partial charge in [0.2, 0.25) is 5.91 Å². The monoisotopic (exact) mass is 324 g/mol. The first-order valence-corrected chi connectivity index (χ1v) is 7.47. The number of hydrogen-bond acceptors (Lipinski definition) is 2. The van der Waals surface area contributed by atoms with Crippen molar-refractivity contribution in [2.45, 2.75) is 32.7 Å². The molecule has 19 heavy (non-hydrogen) atoms. The van der Waals surface area contributed by atoms with Gasteiger partial charge in [0.25, 0.3) is 0 Å². The van der Waals surface area contributed by atoms with E-state index in [0.29, 0.717) is 12.6 Å². The minimum atomic E-state index is -0.382. The van der Waals surface area contributed by atoms with Crippen LogP contribution in [0.15, 0.2) is 22.7 Å². The van der Waals surface area contributed by atoms with E-state index in [1.165, 1.54) is 11.1 Å². The van der Waals surface area contributed by atoms with Crippen LogP contribution in [0.2, 0.25) is 0 Å². The van der Waals surface area contributed by atoms with Crippen LogP contribution in [0.5, 0.6) is 0 Å². The fourth-order valence-corrected chi connectivity index (χ4v) is 3.00. The molecule has 104 valence electrons. The van der Waals surface area contributed by atoms with E-state index < -0.39 is 0 Å². The van der Waals surface area contributed by atoms with Gasteiger partial charge in [0, 0.05) is 24.1 Å². The second-order valence-corrected chi connectivity index (χ2v) is 6.69. The molecule has 0 aromatic heterocycles. The van der Waals surface area contributed by atoms with Gasteiger partial charge in [-0.1, -0.05) is 22.0 Å². The normalized spacial score (nSPS) is 18.2. The van der Waals surface area contributed by atoms with Crippen molar-refractivity contribution in [3.05, 3.63) is 33.8 Å². The first-order valence-electron chi connectivity index (χ1n) is 6.68. The van der Waals surface area contributed by atoms with Crippen molar-refractivity contribution < 1.29 is 4.79 Å². The molecule has 0 fully saturated rings. The van der Waals surface area contributed by atoms with E-state index >= 15 is 0 Å². The van der Waals surface area contributed by atoms with Crippen LogP contribution in [-0.2, 0) is 11.2 Å². The summed E-state index contributed by atoms with van der Waals surface area (Å²) in [7, 11) is 1.69. The number of carbonyl (C=O) groups excluding carboxylic acids is 1. The second kappa shape index (κ2) is 5.63. The van der Waals surface area contributed by atoms with Crippen molar-refractivity contribution >= 4 is 21.8 Å². The third kappa shape index (κ3) is 3.18. The Hall–Kier alpha value is -0.870. The van der Waals surface area contributed by atoms with Gasteiger partial charge < -0.3 is 10.6 Å². The number of aryl methyl sites for hydroxylation is 1. The summed E-state index contributed by atoms with van der Waals surface area (Å²) in [6.45, 7) is 4.62. The number of rotatable bonds is 4. The molecule has 0 saturated carbocycles. The third-order valence-corrected chi connectivity index (χ3v) is 4.31. The van der Waals surface area contributed by atoms with Crippen LogP contribution in [0, 0.1) is 5.41 Å². The van der Waals surface area contributed by atoms with Crippen LogP contribution in [-0.4, -0.2) is 19.5 Å². The van der Waals surface area contributed by atoms with Gasteiger partial charge in [-0.2, -0.15) is 0 Å². The van der Waals surface area contributed by atoms with E-state index in [9.17, 15) is 4.79 Å². The number of amides is 1. The quantitative estimate of drug-likeness (QED) is 0.894. The van der Waals surface area contributed by atoms with Gasteiger partial charge >= 0.3 is 0 Å². The van der Waals surface area contributed by atoms with E-state index in [-0.39, 0.29) is 11.3 Å². The molecule has 4 heteroatoms. The molecule has 2 N–H and O–H groups in total. The zero-order valence-electron chi connectivity index (χ0n) is 11.7. The lowest BCUT2D eigenvalue weighted by Crippen LogP contribution is -2.42. The fourth-order valence-electron chi connectivity index (χ4n) is 2.60. The zero-order chi connectivity index (χ0) is 14.0. The molecule has 1 atom stereocenters. The SMILES string of the molecule is CNC(=O)C(C)(C)CNC1CCc2cc(Br)ccc21. The summed E-state index contributed by atoms with van der Waals surface area (Å²) in [5.41, 5.74) is 2.40. The zero-order valence-corrected chi connectivity index (χ0v) is 13.3. The molecule has 1 unspecified atom stereocenters. The van der Waals surface area contributed by atoms with Gasteiger partial charge in [-0.3, -0.25) is 4.79 Å². The van der Waals surface area contributed by atoms with Gasteiger partial charge in [0.05, 0.1) is 5.41 Å². The lowest BCUT2D eigenvalue weighted by Gasteiger charge is -2.25. The summed E-state index contributed by atoms with van der Waals surface area (Å²) in [6, 6.07) is 6.83. The smallest absolute Gasteiger partial charge is 0.226 e. The van der Waals surface area contributed by atoms with Crippen molar-refractivity contribution in [3.63, 3.8) is 0 Å². The predicted molar refractivity (Wildman–Crippen MR) is 81.1 cm³/mol. The largest absolute Gasteiger partial charge is 0.359 e. The van der Waals surface area contributed by atoms with Crippen LogP contribution >= 0.6 is 15.9 Å². The maximum Gasteiger partial charge on any atom is 0.226 e. The first-order chi connectivity index (χ1) is 8.94. The molecule has 0 aliphatic heterocycles. The molecule has 1 aromatic rings. The maximum atomic E-state index is 11.8. The molecule has 1 aliphatic carbocycles. The Kier molecular flexibility index (Phi) is 4.31. The molecule has 0 spiro atoms. The lowest BCUT2D eigenvalue weighted by molar-refractivity contribution is -0.128. The molecule has 1 aromatic carbocycles. The molecule has 1 amide bonds. The first kappa shape index (κ1) is 14.5. The fraction of sp³-hybridized carbons (Fsp3) is 0.533. The standard InChI is InChI=1S/C15H21BrN2O/c1-15(2,14(19)17-3)9-18-13-7-4-10-8-11(16)5-6-12(10)13/h5-6,8,13,18H,4,7,9H2,1-3H3,(H,17,19). The van der Waals surface area contributed by atoms with Crippen LogP contribution in [0.25, 0.3) is 0 Å². The van der Waals surface area contributed by atoms with Gasteiger partial charge in [-0.25, -0.2) is 0 Å². The molecular formula is C15H21BrN2O. The lowest BCUT2D eigenvalue weighted by atomic mass is 9.91. The Morgan fingerprint density at radius 3 is 2.89 bits per heavy atom. The summed E-state index contributed by atoms with van der Waals surface area (Å²) >= 11 is 3.51. The maximum absolute atomic E-state index is 11.8. The Bertz CT molecular complexity index is 485. The molecule has 3 nitrogen and oxygen atoms in total. The minimum absolute atomic E-state index is 0.0778. The highest BCUT2D eigenvalue weighted by molar-refractivity contribution is 9.10. The highest BCUT2D eigenvalue weighted by Crippen LogP contribution is 2.33. The topological polar surface area (TPSA) is 41.1 Å². The molecule has 2 rings (SSSR count). The molecule has 0 radical (unpaired) electrons. The summed E-state index contributed by atoms with van der Waals surface area (Å²) < 4.78 is 1.14. The van der Waals surface area contributed by atoms with Crippen LogP contribution in [0.3, 0.4) is 0 Å². The third-order valence-electron chi connectivity index (χ3n) is 3.81. The number of benzene rings is 1. The summed E-state index contributed by atoms with van der Waals surface area (Å²) in [4.78, 5) is 11.8. The van der Waals surface area contributed by atoms with Gasteiger partial charge in [0.15, 0.2) is 0 Å². The van der Waals surface area contributed by atoms with E-state index in [1.54, 1.807) is 7.05 Å². The van der Waals surface area contributed by atoms with E-state index in [0.717, 1.165) is 17.3 Å². The van der Waals surface area contributed by atoms with E-state index in [1.807, 2.05) is 13.8 Å². The molecule has 0 bridgehead atoms. The van der Waals surface area contributed by atoms with Crippen LogP contribution in [0.4, 0.5) is 0 Å². The Morgan fingerprint density at radius 1 is 1.47 bits per heavy atom. The average Bonchev–Trinajstić information content (AvgIpc) is 2.77. The molecular weight excluding hydrogens is 304 g/mol. The molecule has 1 aliphatic rings. The molecule has 0 saturated heterocycles.